The van der Waals surface area contributed by atoms with Gasteiger partial charge in [-0.05, 0) is 5.18 Å². The van der Waals surface area contributed by atoms with E-state index in [0.29, 0.717) is 20.8 Å². The first-order valence-corrected chi connectivity index (χ1v) is 12.7. The van der Waals surface area contributed by atoms with Gasteiger partial charge in [0.15, 0.2) is 5.13 Å². The molecule has 0 bridgehead atoms. The molecule has 1 unspecified atom stereocenters. The number of aliphatic carboxylic acids is 1. The number of hydrogen-bond acceptors (Lipinski definition) is 13. The van der Waals surface area contributed by atoms with E-state index < -0.39 is 35.2 Å². The fourth-order valence-corrected chi connectivity index (χ4v) is 7.17. The van der Waals surface area contributed by atoms with Crippen molar-refractivity contribution in [2.75, 3.05) is 16.6 Å². The van der Waals surface area contributed by atoms with Crippen molar-refractivity contribution in [1.29, 1.82) is 0 Å². The maximum atomic E-state index is 12.7. The first-order valence-electron chi connectivity index (χ1n) is 8.77. The quantitative estimate of drug-likeness (QED) is 0.159. The molecule has 0 spiro atoms. The molecule has 0 aliphatic carbocycles. The molecule has 2 aliphatic rings. The highest BCUT2D eigenvalue weighted by Gasteiger charge is 2.54. The van der Waals surface area contributed by atoms with Gasteiger partial charge in [0.05, 0.1) is 17.0 Å². The monoisotopic (exact) mass is 514 g/mol. The molecule has 2 amide bonds. The van der Waals surface area contributed by atoms with Crippen LogP contribution in [-0.4, -0.2) is 70.4 Å². The molecule has 4 heterocycles. The minimum absolute atomic E-state index is 0.0920. The maximum Gasteiger partial charge on any atom is 0.353 e. The van der Waals surface area contributed by atoms with Crippen LogP contribution in [0.1, 0.15) is 11.7 Å². The molecule has 5 N–H and O–H groups in total. The van der Waals surface area contributed by atoms with E-state index in [-0.39, 0.29) is 16.5 Å². The van der Waals surface area contributed by atoms with Crippen LogP contribution >= 0.6 is 46.6 Å². The Bertz CT molecular complexity index is 1090. The summed E-state index contributed by atoms with van der Waals surface area (Å²) in [4.78, 5) is 53.9. The summed E-state index contributed by atoms with van der Waals surface area (Å²) in [5, 5.41) is 27.3. The van der Waals surface area contributed by atoms with E-state index in [4.69, 9.17) is 5.73 Å². The van der Waals surface area contributed by atoms with E-state index >= 15 is 0 Å². The van der Waals surface area contributed by atoms with Crippen LogP contribution in [0.3, 0.4) is 0 Å². The molecule has 32 heavy (non-hydrogen) atoms. The maximum absolute atomic E-state index is 12.7. The van der Waals surface area contributed by atoms with Crippen LogP contribution in [0.5, 0.6) is 0 Å². The van der Waals surface area contributed by atoms with E-state index in [9.17, 15) is 24.4 Å². The number of carboxylic acids is 1. The fourth-order valence-electron chi connectivity index (χ4n) is 3.02. The van der Waals surface area contributed by atoms with Gasteiger partial charge in [0.1, 0.15) is 22.1 Å². The number of amides is 2. The lowest BCUT2D eigenvalue weighted by molar-refractivity contribution is -0.150. The van der Waals surface area contributed by atoms with Crippen LogP contribution < -0.4 is 11.1 Å². The number of rotatable bonds is 9. The number of anilines is 1. The lowest BCUT2D eigenvalue weighted by Gasteiger charge is -2.49. The molecule has 17 heteroatoms. The highest BCUT2D eigenvalue weighted by atomic mass is 32.2. The van der Waals surface area contributed by atoms with Crippen molar-refractivity contribution in [3.05, 3.63) is 32.8 Å². The summed E-state index contributed by atoms with van der Waals surface area (Å²) in [5.74, 6) is -2.25. The number of thioether (sulfide) groups is 3. The number of nitrogens with two attached hydrogens (primary N) is 1. The molecule has 4 rings (SSSR count). The Morgan fingerprint density at radius 1 is 1.47 bits per heavy atom. The molecule has 3 atom stereocenters. The summed E-state index contributed by atoms with van der Waals surface area (Å²) in [6.45, 7) is 0. The second kappa shape index (κ2) is 9.47. The van der Waals surface area contributed by atoms with Crippen LogP contribution in [0, 0.1) is 4.91 Å². The van der Waals surface area contributed by atoms with Crippen molar-refractivity contribution >= 4 is 69.5 Å². The van der Waals surface area contributed by atoms with Gasteiger partial charge in [-0.2, -0.15) is 10.3 Å². The van der Waals surface area contributed by atoms with Gasteiger partial charge >= 0.3 is 5.97 Å². The predicted octanol–water partition coefficient (Wildman–Crippen LogP) is 0.830. The van der Waals surface area contributed by atoms with Gasteiger partial charge in [-0.1, -0.05) is 11.8 Å². The van der Waals surface area contributed by atoms with E-state index in [1.54, 1.807) is 6.20 Å². The molecule has 0 radical (unpaired) electrons. The van der Waals surface area contributed by atoms with Gasteiger partial charge in [-0.3, -0.25) is 14.5 Å². The lowest BCUT2D eigenvalue weighted by atomic mass is 10.0. The Hall–Kier alpha value is -2.63. The van der Waals surface area contributed by atoms with Crippen molar-refractivity contribution in [2.45, 2.75) is 22.5 Å². The number of carboxylic acid groups (broad SMARTS) is 1. The minimum Gasteiger partial charge on any atom is -0.477 e. The van der Waals surface area contributed by atoms with Crippen molar-refractivity contribution < 1.29 is 19.5 Å². The predicted molar refractivity (Wildman–Crippen MR) is 119 cm³/mol. The Labute approximate surface area is 196 Å². The van der Waals surface area contributed by atoms with E-state index in [1.165, 1.54) is 40.7 Å². The van der Waals surface area contributed by atoms with Gasteiger partial charge < -0.3 is 16.2 Å². The summed E-state index contributed by atoms with van der Waals surface area (Å²) < 4.78 is 0. The summed E-state index contributed by atoms with van der Waals surface area (Å²) in [7, 11) is 0. The van der Waals surface area contributed by atoms with E-state index in [2.05, 4.69) is 30.9 Å². The van der Waals surface area contributed by atoms with Gasteiger partial charge in [0.25, 0.3) is 11.8 Å². The minimum atomic E-state index is -1.45. The summed E-state index contributed by atoms with van der Waals surface area (Å²) in [6, 6.07) is -2.42. The topological polar surface area (TPSA) is 197 Å². The zero-order valence-corrected chi connectivity index (χ0v) is 19.1. The van der Waals surface area contributed by atoms with Gasteiger partial charge in [-0.25, -0.2) is 9.78 Å². The Morgan fingerprint density at radius 3 is 2.91 bits per heavy atom. The third kappa shape index (κ3) is 4.32. The van der Waals surface area contributed by atoms with E-state index in [1.807, 2.05) is 0 Å². The van der Waals surface area contributed by atoms with Crippen LogP contribution in [-0.2, 0) is 14.4 Å². The number of fused-ring (bicyclic) bond motifs is 1. The smallest absolute Gasteiger partial charge is 0.353 e. The van der Waals surface area contributed by atoms with Gasteiger partial charge in [0.2, 0.25) is 6.04 Å². The highest BCUT2D eigenvalue weighted by Crippen LogP contribution is 2.44. The van der Waals surface area contributed by atoms with Gasteiger partial charge in [-0.15, -0.1) is 44.9 Å². The second-order valence-corrected chi connectivity index (χ2v) is 10.7. The molecular formula is C15H14N8O5S4. The molecule has 2 aromatic heterocycles. The average Bonchev–Trinajstić information content (AvgIpc) is 3.44. The molecule has 0 aromatic carbocycles. The first-order chi connectivity index (χ1) is 15.4. The first kappa shape index (κ1) is 22.6. The number of nitrogen functional groups attached to an aromatic ring is 1. The third-order valence-electron chi connectivity index (χ3n) is 4.44. The normalized spacial score (nSPS) is 21.0. The summed E-state index contributed by atoms with van der Waals surface area (Å²) >= 11 is 5.06. The number of nitrogens with one attached hydrogen (secondary N) is 2. The number of H-pyrrole nitrogens is 1. The van der Waals surface area contributed by atoms with Crippen LogP contribution in [0.15, 0.2) is 32.4 Å². The lowest BCUT2D eigenvalue weighted by Crippen LogP contribution is -2.70. The summed E-state index contributed by atoms with van der Waals surface area (Å²) in [6.07, 6.45) is 1.55. The van der Waals surface area contributed by atoms with Crippen molar-refractivity contribution in [3.63, 3.8) is 0 Å². The number of thiazole rings is 1. The van der Waals surface area contributed by atoms with Crippen LogP contribution in [0.2, 0.25) is 0 Å². The number of hydrogen-bond donors (Lipinski definition) is 4. The number of β-lactam (4-membered cyclic amide) rings is 1. The Morgan fingerprint density at radius 2 is 2.28 bits per heavy atom. The van der Waals surface area contributed by atoms with Crippen molar-refractivity contribution in [1.82, 2.24) is 30.6 Å². The standard InChI is InChI=1S/C15H14N8O5S4/c16-15-18-5(2-30-15)8(21-28)11(24)19-9-12(25)23-10(14(26)27)6(3-29-13(9)23)31-4-32-7-1-17-22-20-7/h1-2,8-9,13H,3-4H2,(H2,16,18)(H,19,24)(H,26,27)(H,17,20,22)/t8?,9-,13-/m1/s1. The molecule has 168 valence electrons. The van der Waals surface area contributed by atoms with Crippen molar-refractivity contribution in [2.24, 2.45) is 5.18 Å². The third-order valence-corrected chi connectivity index (χ3v) is 8.72. The average molecular weight is 515 g/mol. The van der Waals surface area contributed by atoms with Gasteiger partial charge in [0, 0.05) is 16.0 Å². The molecule has 0 saturated carbocycles. The highest BCUT2D eigenvalue weighted by molar-refractivity contribution is 8.18. The largest absolute Gasteiger partial charge is 0.477 e. The molecular weight excluding hydrogens is 500 g/mol. The second-order valence-electron chi connectivity index (χ2n) is 6.31. The molecule has 2 aromatic rings. The molecule has 1 fully saturated rings. The van der Waals surface area contributed by atoms with E-state index in [0.717, 1.165) is 16.2 Å². The fraction of sp³-hybridized carbons (Fsp3) is 0.333. The Balaban J connectivity index is 1.43. The zero-order valence-electron chi connectivity index (χ0n) is 15.8. The molecule has 1 saturated heterocycles. The number of carbonyl (C=O) groups excluding carboxylic acids is 2. The number of carbonyl (C=O) groups is 3. The SMILES string of the molecule is Nc1nc(C(N=O)C(=O)N[C@@H]2C(=O)N3C(C(=O)O)=C(SCSc4cn[nH]n4)CS[C@H]23)cs1. The number of aromatic nitrogens is 4. The van der Waals surface area contributed by atoms with Crippen LogP contribution in [0.4, 0.5) is 5.13 Å². The molecule has 13 nitrogen and oxygen atoms in total. The van der Waals surface area contributed by atoms with Crippen LogP contribution in [0.25, 0.3) is 0 Å². The molecule has 2 aliphatic heterocycles. The summed E-state index contributed by atoms with van der Waals surface area (Å²) in [5.41, 5.74) is 5.52. The Kier molecular flexibility index (Phi) is 6.68. The number of nitrogens with zero attached hydrogens (tertiary/aromatic N) is 5. The van der Waals surface area contributed by atoms with Crippen molar-refractivity contribution in [3.8, 4) is 0 Å². The zero-order chi connectivity index (χ0) is 22.8. The number of aromatic amines is 1. The number of nitroso groups, excluding NO2 is 1.